The average Bonchev–Trinajstić information content (AvgIpc) is 3.47. The summed E-state index contributed by atoms with van der Waals surface area (Å²) in [5.41, 5.74) is 0.0149. The van der Waals surface area contributed by atoms with Gasteiger partial charge in [0.15, 0.2) is 0 Å². The Morgan fingerprint density at radius 3 is 2.47 bits per heavy atom. The lowest BCUT2D eigenvalue weighted by molar-refractivity contribution is -0.380. The molecule has 0 saturated heterocycles. The summed E-state index contributed by atoms with van der Waals surface area (Å²) in [5, 5.41) is 13.2. The van der Waals surface area contributed by atoms with E-state index in [9.17, 15) is 28.1 Å². The fourth-order valence-electron chi connectivity index (χ4n) is 2.68. The number of rotatable bonds is 8. The van der Waals surface area contributed by atoms with Crippen LogP contribution in [-0.4, -0.2) is 49.2 Å². The standard InChI is InChI=1S/C18H19N3O7S2/c1-3-28-18(23)14-10-15(21(24)25)29-17(14)19-16(22)11-4-8-13(9-5-11)30(26,27)20(2)12-6-7-12/h4-5,8-10,12H,3,6-7H2,1-2H3,(H,19,22). The van der Waals surface area contributed by atoms with Crippen molar-refractivity contribution in [2.24, 2.45) is 0 Å². The minimum absolute atomic E-state index is 0.00823. The molecule has 12 heteroatoms. The summed E-state index contributed by atoms with van der Waals surface area (Å²) < 4.78 is 31.3. The van der Waals surface area contributed by atoms with Gasteiger partial charge in [-0.25, -0.2) is 13.2 Å². The molecule has 0 unspecified atom stereocenters. The van der Waals surface area contributed by atoms with Crippen molar-refractivity contribution in [1.29, 1.82) is 0 Å². The van der Waals surface area contributed by atoms with E-state index in [2.05, 4.69) is 5.32 Å². The van der Waals surface area contributed by atoms with Crippen LogP contribution in [0.15, 0.2) is 35.2 Å². The van der Waals surface area contributed by atoms with E-state index >= 15 is 0 Å². The maximum absolute atomic E-state index is 12.6. The predicted octanol–water partition coefficient (Wildman–Crippen LogP) is 2.87. The number of anilines is 1. The molecule has 1 fully saturated rings. The van der Waals surface area contributed by atoms with Gasteiger partial charge in [0.25, 0.3) is 5.91 Å². The first-order valence-electron chi connectivity index (χ1n) is 9.00. The van der Waals surface area contributed by atoms with Crippen LogP contribution >= 0.6 is 11.3 Å². The Kier molecular flexibility index (Phi) is 6.19. The number of benzene rings is 1. The number of carbonyl (C=O) groups is 2. The molecular weight excluding hydrogens is 434 g/mol. The fraction of sp³-hybridized carbons (Fsp3) is 0.333. The summed E-state index contributed by atoms with van der Waals surface area (Å²) in [6.07, 6.45) is 1.65. The highest BCUT2D eigenvalue weighted by Crippen LogP contribution is 2.35. The van der Waals surface area contributed by atoms with Gasteiger partial charge in [-0.1, -0.05) is 0 Å². The van der Waals surface area contributed by atoms with Crippen molar-refractivity contribution in [3.05, 3.63) is 51.6 Å². The van der Waals surface area contributed by atoms with Crippen LogP contribution in [0.2, 0.25) is 0 Å². The third-order valence-corrected chi connectivity index (χ3v) is 7.40. The summed E-state index contributed by atoms with van der Waals surface area (Å²) in [7, 11) is -2.12. The highest BCUT2D eigenvalue weighted by Gasteiger charge is 2.35. The van der Waals surface area contributed by atoms with Crippen molar-refractivity contribution in [3.8, 4) is 0 Å². The number of amides is 1. The Bertz CT molecular complexity index is 1090. The molecule has 1 heterocycles. The number of esters is 1. The van der Waals surface area contributed by atoms with E-state index in [1.54, 1.807) is 6.92 Å². The average molecular weight is 453 g/mol. The molecule has 0 spiro atoms. The van der Waals surface area contributed by atoms with E-state index in [4.69, 9.17) is 4.74 Å². The van der Waals surface area contributed by atoms with E-state index in [0.29, 0.717) is 11.3 Å². The van der Waals surface area contributed by atoms with E-state index in [-0.39, 0.29) is 38.7 Å². The molecular formula is C18H19N3O7S2. The number of hydrogen-bond acceptors (Lipinski definition) is 8. The van der Waals surface area contributed by atoms with Gasteiger partial charge in [-0.05, 0) is 55.4 Å². The summed E-state index contributed by atoms with van der Waals surface area (Å²) in [6.45, 7) is 1.66. The van der Waals surface area contributed by atoms with Gasteiger partial charge >= 0.3 is 11.0 Å². The number of ether oxygens (including phenoxy) is 1. The minimum Gasteiger partial charge on any atom is -0.462 e. The number of nitrogens with zero attached hydrogens (tertiary/aromatic N) is 2. The molecule has 0 radical (unpaired) electrons. The Labute approximate surface area is 176 Å². The third-order valence-electron chi connectivity index (χ3n) is 4.48. The zero-order chi connectivity index (χ0) is 22.1. The summed E-state index contributed by atoms with van der Waals surface area (Å²) >= 11 is 0.632. The SMILES string of the molecule is CCOC(=O)c1cc([N+](=O)[O-])sc1NC(=O)c1ccc(S(=O)(=O)N(C)C2CC2)cc1. The normalized spacial score (nSPS) is 13.8. The quantitative estimate of drug-likeness (QED) is 0.369. The summed E-state index contributed by atoms with van der Waals surface area (Å²) in [6, 6.07) is 6.39. The topological polar surface area (TPSA) is 136 Å². The fourth-order valence-corrected chi connectivity index (χ4v) is 4.95. The van der Waals surface area contributed by atoms with Crippen LogP contribution in [0.3, 0.4) is 0 Å². The second-order valence-corrected chi connectivity index (χ2v) is 9.56. The lowest BCUT2D eigenvalue weighted by Gasteiger charge is -2.16. The van der Waals surface area contributed by atoms with Crippen molar-refractivity contribution in [3.63, 3.8) is 0 Å². The van der Waals surface area contributed by atoms with Crippen LogP contribution in [0, 0.1) is 10.1 Å². The zero-order valence-electron chi connectivity index (χ0n) is 16.2. The van der Waals surface area contributed by atoms with E-state index in [1.165, 1.54) is 35.6 Å². The number of hydrogen-bond donors (Lipinski definition) is 1. The summed E-state index contributed by atoms with van der Waals surface area (Å²) in [5.74, 6) is -1.43. The lowest BCUT2D eigenvalue weighted by Crippen LogP contribution is -2.29. The minimum atomic E-state index is -3.64. The van der Waals surface area contributed by atoms with Gasteiger partial charge in [0.05, 0.1) is 16.4 Å². The third kappa shape index (κ3) is 4.50. The van der Waals surface area contributed by atoms with Gasteiger partial charge in [0, 0.05) is 24.7 Å². The van der Waals surface area contributed by atoms with Gasteiger partial charge in [-0.2, -0.15) is 4.31 Å². The first-order valence-corrected chi connectivity index (χ1v) is 11.3. The van der Waals surface area contributed by atoms with Crippen LogP contribution in [0.25, 0.3) is 0 Å². The smallest absolute Gasteiger partial charge is 0.341 e. The predicted molar refractivity (Wildman–Crippen MR) is 109 cm³/mol. The maximum Gasteiger partial charge on any atom is 0.341 e. The summed E-state index contributed by atoms with van der Waals surface area (Å²) in [4.78, 5) is 35.0. The van der Waals surface area contributed by atoms with Crippen molar-refractivity contribution in [2.75, 3.05) is 19.0 Å². The van der Waals surface area contributed by atoms with E-state index < -0.39 is 26.8 Å². The number of nitrogens with one attached hydrogen (secondary N) is 1. The first kappa shape index (κ1) is 21.9. The van der Waals surface area contributed by atoms with Crippen molar-refractivity contribution in [2.45, 2.75) is 30.7 Å². The molecule has 0 aliphatic heterocycles. The Morgan fingerprint density at radius 1 is 1.30 bits per heavy atom. The second kappa shape index (κ2) is 8.50. The van der Waals surface area contributed by atoms with Crippen molar-refractivity contribution < 1.29 is 27.7 Å². The molecule has 1 N–H and O–H groups in total. The van der Waals surface area contributed by atoms with Crippen LogP contribution in [0.5, 0.6) is 0 Å². The second-order valence-electron chi connectivity index (χ2n) is 6.54. The van der Waals surface area contributed by atoms with Crippen LogP contribution < -0.4 is 5.32 Å². The van der Waals surface area contributed by atoms with Crippen LogP contribution in [0.4, 0.5) is 10.0 Å². The van der Waals surface area contributed by atoms with Gasteiger partial charge in [-0.15, -0.1) is 0 Å². The molecule has 1 aromatic carbocycles. The van der Waals surface area contributed by atoms with Crippen LogP contribution in [0.1, 0.15) is 40.5 Å². The van der Waals surface area contributed by atoms with Crippen LogP contribution in [-0.2, 0) is 14.8 Å². The van der Waals surface area contributed by atoms with E-state index in [1.807, 2.05) is 0 Å². The highest BCUT2D eigenvalue weighted by atomic mass is 32.2. The Morgan fingerprint density at radius 2 is 1.93 bits per heavy atom. The number of nitro groups is 1. The molecule has 0 bridgehead atoms. The molecule has 1 saturated carbocycles. The Hall–Kier alpha value is -2.83. The van der Waals surface area contributed by atoms with Crippen molar-refractivity contribution in [1.82, 2.24) is 4.31 Å². The number of carbonyl (C=O) groups excluding carboxylic acids is 2. The van der Waals surface area contributed by atoms with Crippen molar-refractivity contribution >= 4 is 43.2 Å². The molecule has 1 aliphatic carbocycles. The molecule has 0 atom stereocenters. The lowest BCUT2D eigenvalue weighted by atomic mass is 10.2. The number of thiophene rings is 1. The monoisotopic (exact) mass is 453 g/mol. The molecule has 3 rings (SSSR count). The van der Waals surface area contributed by atoms with E-state index in [0.717, 1.165) is 18.9 Å². The zero-order valence-corrected chi connectivity index (χ0v) is 17.8. The molecule has 10 nitrogen and oxygen atoms in total. The van der Waals surface area contributed by atoms with Gasteiger partial charge in [-0.3, -0.25) is 14.9 Å². The first-order chi connectivity index (χ1) is 14.1. The number of sulfonamides is 1. The molecule has 1 aliphatic rings. The molecule has 2 aromatic rings. The molecule has 160 valence electrons. The van der Waals surface area contributed by atoms with Gasteiger partial charge in [0.1, 0.15) is 10.6 Å². The Balaban J connectivity index is 1.81. The largest absolute Gasteiger partial charge is 0.462 e. The highest BCUT2D eigenvalue weighted by molar-refractivity contribution is 7.89. The molecule has 1 aromatic heterocycles. The van der Waals surface area contributed by atoms with Gasteiger partial charge in [0.2, 0.25) is 10.0 Å². The molecule has 1 amide bonds. The maximum atomic E-state index is 12.6. The molecule has 30 heavy (non-hydrogen) atoms. The van der Waals surface area contributed by atoms with Gasteiger partial charge < -0.3 is 10.1 Å².